The Bertz CT molecular complexity index is 3000. The van der Waals surface area contributed by atoms with E-state index in [-0.39, 0.29) is 183 Å². The van der Waals surface area contributed by atoms with E-state index < -0.39 is 35.9 Å². The minimum atomic E-state index is -0.734. The summed E-state index contributed by atoms with van der Waals surface area (Å²) in [5.41, 5.74) is 5.29. The van der Waals surface area contributed by atoms with Crippen LogP contribution in [0.25, 0.3) is 0 Å². The summed E-state index contributed by atoms with van der Waals surface area (Å²) in [7, 11) is 3.93. The summed E-state index contributed by atoms with van der Waals surface area (Å²) in [6, 6.07) is 12.8. The molecular weight excluding hydrogens is 1440 g/mol. The number of rotatable bonds is 39. The number of ketones is 3. The van der Waals surface area contributed by atoms with E-state index in [1.807, 2.05) is 0 Å². The van der Waals surface area contributed by atoms with Gasteiger partial charge in [0.15, 0.2) is 17.3 Å². The lowest BCUT2D eigenvalue weighted by Gasteiger charge is -2.17. The number of nitrogens with one attached hydrogen (secondary N) is 6. The number of ether oxygens (including phenoxy) is 3. The SMILES string of the molecule is COC(=O)CCCCC(=O)N[C@@H](C)C(=O)C[C@@H](C)C(=O)Nc1cc(CO)cc(CCl)c1.COC(=O)CCCCC(=O)N[C@@H](C)C(=O)C[C@@H](C)C(=O)Nc1cc(CO)cc(CCl)c1.COC(=O)CCCCC(=O)N[C@@H](C)C(=O)C[C@@H](C)C(=O)Nc1cc(CO)cc(CO)c1.Clc1nc(Cl)nc(Cl)n1. The van der Waals surface area contributed by atoms with Crippen LogP contribution in [0.4, 0.5) is 17.1 Å². The topological polar surface area (TPSA) is 424 Å². The summed E-state index contributed by atoms with van der Waals surface area (Å²) < 4.78 is 13.6. The molecule has 0 spiro atoms. The molecule has 10 N–H and O–H groups in total. The standard InChI is InChI=1S/2C22H31ClN2O6.C22H32N2O7.C3Cl3N3/c2*1-14(22(30)25-18-10-16(12-23)9-17(11-18)13-26)8-19(27)15(2)24-20(28)6-4-5-7-21(29)31-3;1-14(22(30)24-18-10-16(12-25)9-17(11-18)13-26)8-19(27)15(2)23-20(28)6-4-5-7-21(29)31-3;4-1-7-2(5)9-3(6)8-1/h2*9-11,14-15,26H,4-8,12-13H2,1-3H3,(H,24,28)(H,25,30);9-11,14-15,25-26H,4-8,12-13H2,1-3H3,(H,23,28)(H,24,30);/t3*14-,15+;/m111./s1. The molecule has 102 heavy (non-hydrogen) atoms. The molecule has 1 heterocycles. The van der Waals surface area contributed by atoms with Gasteiger partial charge < -0.3 is 66.5 Å². The van der Waals surface area contributed by atoms with Gasteiger partial charge in [-0.25, -0.2) is 0 Å². The molecule has 4 rings (SSSR count). The number of hydrogen-bond acceptors (Lipinski definition) is 22. The van der Waals surface area contributed by atoms with Crippen LogP contribution in [-0.4, -0.2) is 146 Å². The molecule has 0 aliphatic rings. The van der Waals surface area contributed by atoms with Crippen molar-refractivity contribution >= 4 is 146 Å². The first-order chi connectivity index (χ1) is 48.3. The number of aliphatic hydroxyl groups excluding tert-OH is 4. The fraction of sp³-hybridized carbons (Fsp3) is 0.522. The monoisotopic (exact) mass is 1530 g/mol. The molecule has 6 atom stereocenters. The van der Waals surface area contributed by atoms with Crippen molar-refractivity contribution in [1.29, 1.82) is 0 Å². The molecule has 0 aliphatic carbocycles. The summed E-state index contributed by atoms with van der Waals surface area (Å²) in [6.45, 7) is 8.78. The van der Waals surface area contributed by atoms with E-state index in [0.29, 0.717) is 77.8 Å². The van der Waals surface area contributed by atoms with Crippen LogP contribution in [0.3, 0.4) is 0 Å². The molecule has 0 aliphatic heterocycles. The van der Waals surface area contributed by atoms with E-state index in [1.165, 1.54) is 21.3 Å². The summed E-state index contributed by atoms with van der Waals surface area (Å²) in [5, 5.41) is 53.3. The van der Waals surface area contributed by atoms with Crippen LogP contribution in [0.2, 0.25) is 15.9 Å². The minimum absolute atomic E-state index is 0.000000000000000444. The molecular formula is C69H94Cl5N9O19. The molecule has 0 bridgehead atoms. The minimum Gasteiger partial charge on any atom is -0.469 e. The summed E-state index contributed by atoms with van der Waals surface area (Å²) in [5.74, 6) is -5.04. The number of amides is 6. The zero-order valence-electron chi connectivity index (χ0n) is 58.7. The van der Waals surface area contributed by atoms with Crippen LogP contribution in [0, 0.1) is 17.8 Å². The maximum Gasteiger partial charge on any atom is 0.305 e. The third-order valence-electron chi connectivity index (χ3n) is 14.8. The molecule has 0 saturated carbocycles. The van der Waals surface area contributed by atoms with E-state index >= 15 is 0 Å². The van der Waals surface area contributed by atoms with Crippen LogP contribution in [0.1, 0.15) is 171 Å². The van der Waals surface area contributed by atoms with Gasteiger partial charge in [-0.15, -0.1) is 23.2 Å². The van der Waals surface area contributed by atoms with Crippen molar-refractivity contribution in [3.8, 4) is 0 Å². The summed E-state index contributed by atoms with van der Waals surface area (Å²) >= 11 is 27.6. The molecule has 1 aromatic heterocycles. The van der Waals surface area contributed by atoms with Gasteiger partial charge in [-0.05, 0) is 164 Å². The Morgan fingerprint density at radius 3 is 0.794 bits per heavy atom. The van der Waals surface area contributed by atoms with Crippen LogP contribution >= 0.6 is 58.0 Å². The average molecular weight is 1530 g/mol. The van der Waals surface area contributed by atoms with Gasteiger partial charge in [0.05, 0.1) is 65.9 Å². The van der Waals surface area contributed by atoms with Crippen molar-refractivity contribution in [2.45, 2.75) is 194 Å². The quantitative estimate of drug-likeness (QED) is 0.00864. The van der Waals surface area contributed by atoms with Gasteiger partial charge in [0.1, 0.15) is 0 Å². The Morgan fingerprint density at radius 2 is 0.578 bits per heavy atom. The Labute approximate surface area is 618 Å². The van der Waals surface area contributed by atoms with Crippen LogP contribution < -0.4 is 31.9 Å². The second-order valence-electron chi connectivity index (χ2n) is 23.6. The highest BCUT2D eigenvalue weighted by Gasteiger charge is 2.26. The van der Waals surface area contributed by atoms with E-state index in [9.17, 15) is 78.0 Å². The highest BCUT2D eigenvalue weighted by Crippen LogP contribution is 2.22. The van der Waals surface area contributed by atoms with Crippen molar-refractivity contribution in [2.24, 2.45) is 17.8 Å². The number of carbonyl (C=O) groups is 12. The van der Waals surface area contributed by atoms with Gasteiger partial charge in [0, 0.05) is 104 Å². The lowest BCUT2D eigenvalue weighted by molar-refractivity contribution is -0.141. The largest absolute Gasteiger partial charge is 0.469 e. The Morgan fingerprint density at radius 1 is 0.363 bits per heavy atom. The molecule has 0 fully saturated rings. The third-order valence-corrected chi connectivity index (χ3v) is 15.9. The van der Waals surface area contributed by atoms with Gasteiger partial charge in [-0.2, -0.15) is 15.0 Å². The fourth-order valence-corrected chi connectivity index (χ4v) is 9.91. The van der Waals surface area contributed by atoms with E-state index in [2.05, 4.69) is 61.1 Å². The molecule has 3 aromatic carbocycles. The predicted molar refractivity (Wildman–Crippen MR) is 384 cm³/mol. The zero-order chi connectivity index (χ0) is 77.0. The normalized spacial score (nSPS) is 12.3. The Balaban J connectivity index is 0.000000717. The Kier molecular flexibility index (Phi) is 46.4. The van der Waals surface area contributed by atoms with Crippen molar-refractivity contribution in [3.63, 3.8) is 0 Å². The molecule has 0 saturated heterocycles. The number of methoxy groups -OCH3 is 3. The highest BCUT2D eigenvalue weighted by atomic mass is 35.5. The number of unbranched alkanes of at least 4 members (excludes halogenated alkanes) is 3. The van der Waals surface area contributed by atoms with Gasteiger partial charge in [-0.3, -0.25) is 57.5 Å². The van der Waals surface area contributed by atoms with Crippen molar-refractivity contribution in [2.75, 3.05) is 37.3 Å². The third kappa shape index (κ3) is 39.6. The van der Waals surface area contributed by atoms with Gasteiger partial charge in [0.25, 0.3) is 0 Å². The lowest BCUT2D eigenvalue weighted by Crippen LogP contribution is -2.39. The lowest BCUT2D eigenvalue weighted by atomic mass is 9.99. The van der Waals surface area contributed by atoms with Crippen LogP contribution in [-0.2, 0) is 110 Å². The zero-order valence-corrected chi connectivity index (χ0v) is 62.4. The smallest absolute Gasteiger partial charge is 0.305 e. The van der Waals surface area contributed by atoms with E-state index in [4.69, 9.17) is 58.0 Å². The van der Waals surface area contributed by atoms with Crippen LogP contribution in [0.5, 0.6) is 0 Å². The van der Waals surface area contributed by atoms with Crippen molar-refractivity contribution < 1.29 is 92.2 Å². The second-order valence-corrected chi connectivity index (χ2v) is 25.1. The van der Waals surface area contributed by atoms with Gasteiger partial charge in [0.2, 0.25) is 51.3 Å². The van der Waals surface area contributed by atoms with Gasteiger partial charge in [-0.1, -0.05) is 39.0 Å². The number of aliphatic hydroxyl groups is 4. The second kappa shape index (κ2) is 51.4. The van der Waals surface area contributed by atoms with Crippen molar-refractivity contribution in [3.05, 3.63) is 104 Å². The first-order valence-electron chi connectivity index (χ1n) is 32.5. The number of Topliss-reactive ketones (excluding diaryl/α,β-unsaturated/α-hetero) is 3. The fourth-order valence-electron chi connectivity index (χ4n) is 8.99. The first-order valence-corrected chi connectivity index (χ1v) is 34.7. The maximum atomic E-state index is 12.5. The number of anilines is 3. The average Bonchev–Trinajstić information content (AvgIpc) is 0.870. The van der Waals surface area contributed by atoms with Crippen LogP contribution in [0.15, 0.2) is 54.6 Å². The first kappa shape index (κ1) is 92.2. The number of carbonyl (C=O) groups excluding carboxylic acids is 12. The van der Waals surface area contributed by atoms with E-state index in [0.717, 1.165) is 11.1 Å². The number of alkyl halides is 2. The summed E-state index contributed by atoms with van der Waals surface area (Å²) in [4.78, 5) is 154. The number of aromatic nitrogens is 3. The number of hydrogen-bond donors (Lipinski definition) is 10. The van der Waals surface area contributed by atoms with Gasteiger partial charge >= 0.3 is 17.9 Å². The number of halogens is 5. The molecule has 6 amide bonds. The number of nitrogens with zero attached hydrogens (tertiary/aromatic N) is 3. The summed E-state index contributed by atoms with van der Waals surface area (Å²) in [6.07, 6.45) is 4.34. The highest BCUT2D eigenvalue weighted by molar-refractivity contribution is 6.33. The predicted octanol–water partition coefficient (Wildman–Crippen LogP) is 8.65. The van der Waals surface area contributed by atoms with E-state index in [1.54, 1.807) is 96.1 Å². The molecule has 0 radical (unpaired) electrons. The molecule has 28 nitrogen and oxygen atoms in total. The van der Waals surface area contributed by atoms with Crippen molar-refractivity contribution in [1.82, 2.24) is 30.9 Å². The molecule has 564 valence electrons. The molecule has 33 heteroatoms. The Hall–Kier alpha value is -7.80. The maximum absolute atomic E-state index is 12.5. The number of esters is 3. The number of benzene rings is 3. The molecule has 4 aromatic rings. The molecule has 0 unspecified atom stereocenters.